The molecule has 2 heteroatoms. The van der Waals surface area contributed by atoms with Crippen LogP contribution in [0.2, 0.25) is 0 Å². The van der Waals surface area contributed by atoms with E-state index in [1.807, 2.05) is 12.1 Å². The summed E-state index contributed by atoms with van der Waals surface area (Å²) in [6.07, 6.45) is 0. The molecule has 2 aliphatic rings. The monoisotopic (exact) mass is 512 g/mol. The van der Waals surface area contributed by atoms with Crippen molar-refractivity contribution in [1.29, 1.82) is 0 Å². The second kappa shape index (κ2) is 7.74. The van der Waals surface area contributed by atoms with Crippen molar-refractivity contribution < 1.29 is 9.15 Å². The third kappa shape index (κ3) is 2.68. The number of ether oxygens (including phenoxy) is 1. The lowest BCUT2D eigenvalue weighted by Gasteiger charge is -2.40. The summed E-state index contributed by atoms with van der Waals surface area (Å²) in [5.41, 5.74) is 12.2. The zero-order valence-electron chi connectivity index (χ0n) is 21.9. The molecule has 1 spiro atoms. The summed E-state index contributed by atoms with van der Waals surface area (Å²) in [5, 5.41) is 2.26. The van der Waals surface area contributed by atoms with E-state index >= 15 is 0 Å². The second-order valence-electron chi connectivity index (χ2n) is 10.9. The Morgan fingerprint density at radius 1 is 0.500 bits per heavy atom. The molecular weight excluding hydrogens is 488 g/mol. The maximum Gasteiger partial charge on any atom is 0.140 e. The predicted molar refractivity (Wildman–Crippen MR) is 161 cm³/mol. The highest BCUT2D eigenvalue weighted by atomic mass is 16.5. The molecule has 6 aromatic carbocycles. The zero-order valence-corrected chi connectivity index (χ0v) is 21.9. The molecule has 0 saturated carbocycles. The fourth-order valence-corrected chi connectivity index (χ4v) is 7.21. The van der Waals surface area contributed by atoms with Crippen molar-refractivity contribution in [1.82, 2.24) is 0 Å². The Labute approximate surface area is 232 Å². The van der Waals surface area contributed by atoms with Gasteiger partial charge in [0.2, 0.25) is 0 Å². The molecule has 0 bridgehead atoms. The summed E-state index contributed by atoms with van der Waals surface area (Å²) in [4.78, 5) is 0. The second-order valence-corrected chi connectivity index (χ2v) is 10.9. The lowest BCUT2D eigenvalue weighted by molar-refractivity contribution is 0.438. The highest BCUT2D eigenvalue weighted by Crippen LogP contribution is 2.63. The van der Waals surface area contributed by atoms with Gasteiger partial charge in [0.25, 0.3) is 0 Å². The molecule has 1 aromatic heterocycles. The molecule has 1 aliphatic heterocycles. The van der Waals surface area contributed by atoms with Crippen LogP contribution in [0.15, 0.2) is 132 Å². The van der Waals surface area contributed by atoms with Gasteiger partial charge in [0.1, 0.15) is 22.7 Å². The summed E-state index contributed by atoms with van der Waals surface area (Å²) in [6.45, 7) is 2.18. The minimum Gasteiger partial charge on any atom is -0.456 e. The molecule has 9 rings (SSSR count). The van der Waals surface area contributed by atoms with E-state index < -0.39 is 5.41 Å². The normalized spacial score (nSPS) is 14.0. The van der Waals surface area contributed by atoms with E-state index in [9.17, 15) is 0 Å². The number of aryl methyl sites for hydroxylation is 1. The van der Waals surface area contributed by atoms with Crippen molar-refractivity contribution in [2.45, 2.75) is 12.3 Å². The van der Waals surface area contributed by atoms with Crippen LogP contribution in [0.1, 0.15) is 27.8 Å². The van der Waals surface area contributed by atoms with Crippen molar-refractivity contribution >= 4 is 21.9 Å². The Hall–Kier alpha value is -5.08. The Kier molecular flexibility index (Phi) is 4.22. The van der Waals surface area contributed by atoms with Crippen LogP contribution in [0.25, 0.3) is 44.2 Å². The number of para-hydroxylation sites is 2. The van der Waals surface area contributed by atoms with Crippen LogP contribution in [-0.2, 0) is 5.41 Å². The summed E-state index contributed by atoms with van der Waals surface area (Å²) in [7, 11) is 0. The van der Waals surface area contributed by atoms with Crippen LogP contribution in [0.4, 0.5) is 0 Å². The summed E-state index contributed by atoms with van der Waals surface area (Å²) >= 11 is 0. The van der Waals surface area contributed by atoms with Gasteiger partial charge in [0.05, 0.1) is 5.41 Å². The topological polar surface area (TPSA) is 22.4 Å². The maximum absolute atomic E-state index is 6.88. The smallest absolute Gasteiger partial charge is 0.140 e. The first-order chi connectivity index (χ1) is 19.7. The molecule has 0 fully saturated rings. The number of benzene rings is 6. The highest BCUT2D eigenvalue weighted by molar-refractivity contribution is 6.06. The van der Waals surface area contributed by atoms with Crippen LogP contribution in [0.3, 0.4) is 0 Å². The number of furan rings is 1. The van der Waals surface area contributed by atoms with Gasteiger partial charge >= 0.3 is 0 Å². The third-order valence-corrected chi connectivity index (χ3v) is 8.78. The average molecular weight is 513 g/mol. The standard InChI is InChI=1S/C38H24O2/c1-23-20-29(24-18-19-28-27-12-4-8-16-34(27)39-36(28)22-24)37-33(21-23)38(32-15-7-9-17-35(32)40-37)30-13-5-2-10-25(30)26-11-3-6-14-31(26)38/h2-22H,1H3. The van der Waals surface area contributed by atoms with Gasteiger partial charge in [-0.15, -0.1) is 0 Å². The Morgan fingerprint density at radius 3 is 1.95 bits per heavy atom. The summed E-state index contributed by atoms with van der Waals surface area (Å²) < 4.78 is 13.2. The molecule has 0 N–H and O–H groups in total. The molecule has 2 nitrogen and oxygen atoms in total. The average Bonchev–Trinajstić information content (AvgIpc) is 3.51. The molecule has 40 heavy (non-hydrogen) atoms. The fraction of sp³-hybridized carbons (Fsp3) is 0.0526. The molecule has 2 heterocycles. The molecule has 188 valence electrons. The molecule has 0 amide bonds. The van der Waals surface area contributed by atoms with Gasteiger partial charge in [-0.1, -0.05) is 97.1 Å². The number of hydrogen-bond donors (Lipinski definition) is 0. The zero-order chi connectivity index (χ0) is 26.4. The van der Waals surface area contributed by atoms with Crippen LogP contribution >= 0.6 is 0 Å². The Morgan fingerprint density at radius 2 is 1.15 bits per heavy atom. The minimum absolute atomic E-state index is 0.471. The fourth-order valence-electron chi connectivity index (χ4n) is 7.21. The molecule has 0 atom stereocenters. The lowest BCUT2D eigenvalue weighted by atomic mass is 9.65. The van der Waals surface area contributed by atoms with Crippen molar-refractivity contribution in [3.05, 3.63) is 155 Å². The molecular formula is C38H24O2. The van der Waals surface area contributed by atoms with E-state index in [1.165, 1.54) is 38.9 Å². The quantitative estimate of drug-likeness (QED) is 0.218. The molecule has 7 aromatic rings. The SMILES string of the molecule is Cc1cc(-c2ccc3c(c2)oc2ccccc23)c2c(c1)C1(c3ccccc3O2)c2ccccc2-c2ccccc21. The van der Waals surface area contributed by atoms with Gasteiger partial charge in [-0.05, 0) is 70.6 Å². The maximum atomic E-state index is 6.88. The van der Waals surface area contributed by atoms with E-state index in [0.29, 0.717) is 0 Å². The Balaban J connectivity index is 1.39. The first kappa shape index (κ1) is 21.8. The molecule has 0 saturated heterocycles. The van der Waals surface area contributed by atoms with E-state index in [0.717, 1.165) is 44.6 Å². The van der Waals surface area contributed by atoms with E-state index in [4.69, 9.17) is 9.15 Å². The minimum atomic E-state index is -0.471. The van der Waals surface area contributed by atoms with Crippen molar-refractivity contribution in [3.63, 3.8) is 0 Å². The van der Waals surface area contributed by atoms with Crippen molar-refractivity contribution in [3.8, 4) is 33.8 Å². The van der Waals surface area contributed by atoms with E-state index in [-0.39, 0.29) is 0 Å². The first-order valence-corrected chi connectivity index (χ1v) is 13.8. The predicted octanol–water partition coefficient (Wildman–Crippen LogP) is 10.0. The Bertz CT molecular complexity index is 2120. The van der Waals surface area contributed by atoms with Crippen LogP contribution < -0.4 is 4.74 Å². The van der Waals surface area contributed by atoms with Crippen LogP contribution in [0, 0.1) is 6.92 Å². The van der Waals surface area contributed by atoms with Gasteiger partial charge in [-0.2, -0.15) is 0 Å². The summed E-state index contributed by atoms with van der Waals surface area (Å²) in [5.74, 6) is 1.81. The van der Waals surface area contributed by atoms with Gasteiger partial charge in [0.15, 0.2) is 0 Å². The van der Waals surface area contributed by atoms with Crippen molar-refractivity contribution in [2.24, 2.45) is 0 Å². The van der Waals surface area contributed by atoms with E-state index in [2.05, 4.69) is 122 Å². The van der Waals surface area contributed by atoms with Gasteiger partial charge < -0.3 is 9.15 Å². The largest absolute Gasteiger partial charge is 0.456 e. The highest BCUT2D eigenvalue weighted by Gasteiger charge is 2.51. The van der Waals surface area contributed by atoms with E-state index in [1.54, 1.807) is 0 Å². The number of hydrogen-bond acceptors (Lipinski definition) is 2. The van der Waals surface area contributed by atoms with Crippen LogP contribution in [0.5, 0.6) is 11.5 Å². The number of rotatable bonds is 1. The number of fused-ring (bicyclic) bond motifs is 12. The first-order valence-electron chi connectivity index (χ1n) is 13.8. The molecule has 0 radical (unpaired) electrons. The third-order valence-electron chi connectivity index (χ3n) is 8.78. The van der Waals surface area contributed by atoms with Crippen LogP contribution in [-0.4, -0.2) is 0 Å². The molecule has 0 unspecified atom stereocenters. The van der Waals surface area contributed by atoms with Gasteiger partial charge in [0, 0.05) is 27.5 Å². The summed E-state index contributed by atoms with van der Waals surface area (Å²) in [6, 6.07) is 45.6. The molecule has 1 aliphatic carbocycles. The van der Waals surface area contributed by atoms with Gasteiger partial charge in [-0.3, -0.25) is 0 Å². The lowest BCUT2D eigenvalue weighted by Crippen LogP contribution is -2.32. The van der Waals surface area contributed by atoms with Gasteiger partial charge in [-0.25, -0.2) is 0 Å². The van der Waals surface area contributed by atoms with Crippen molar-refractivity contribution in [2.75, 3.05) is 0 Å².